The Hall–Kier alpha value is -1.87. The van der Waals surface area contributed by atoms with Crippen LogP contribution in [0.3, 0.4) is 0 Å². The fourth-order valence-corrected chi connectivity index (χ4v) is 2.41. The van der Waals surface area contributed by atoms with E-state index in [1.165, 1.54) is 5.56 Å². The summed E-state index contributed by atoms with van der Waals surface area (Å²) in [6, 6.07) is 14.5. The number of nitrogens with zero attached hydrogens (tertiary/aromatic N) is 1. The van der Waals surface area contributed by atoms with Gasteiger partial charge in [0.15, 0.2) is 0 Å². The maximum Gasteiger partial charge on any atom is 0.123 e. The van der Waals surface area contributed by atoms with Gasteiger partial charge in [0.2, 0.25) is 0 Å². The molecule has 0 fully saturated rings. The fourth-order valence-electron chi connectivity index (χ4n) is 2.41. The van der Waals surface area contributed by atoms with E-state index in [-0.39, 0.29) is 12.1 Å². The number of pyridine rings is 1. The summed E-state index contributed by atoms with van der Waals surface area (Å²) in [7, 11) is 0. The van der Waals surface area contributed by atoms with Gasteiger partial charge in [0.25, 0.3) is 0 Å². The zero-order chi connectivity index (χ0) is 13.1. The van der Waals surface area contributed by atoms with Gasteiger partial charge in [0.1, 0.15) is 11.9 Å². The van der Waals surface area contributed by atoms with E-state index in [1.54, 1.807) is 0 Å². The van der Waals surface area contributed by atoms with Crippen LogP contribution in [-0.2, 0) is 6.42 Å². The number of nitrogens with one attached hydrogen (secondary N) is 1. The molecular formula is C16H18N2O. The van der Waals surface area contributed by atoms with Gasteiger partial charge in [-0.2, -0.15) is 0 Å². The topological polar surface area (TPSA) is 34.1 Å². The van der Waals surface area contributed by atoms with Gasteiger partial charge in [-0.15, -0.1) is 0 Å². The lowest BCUT2D eigenvalue weighted by atomic mass is 10.1. The minimum atomic E-state index is 0.226. The van der Waals surface area contributed by atoms with Gasteiger partial charge in [0, 0.05) is 25.2 Å². The summed E-state index contributed by atoms with van der Waals surface area (Å²) >= 11 is 0. The Labute approximate surface area is 113 Å². The molecule has 19 heavy (non-hydrogen) atoms. The molecule has 2 unspecified atom stereocenters. The molecule has 1 aromatic carbocycles. The van der Waals surface area contributed by atoms with E-state index >= 15 is 0 Å². The number of fused-ring (bicyclic) bond motifs is 1. The van der Waals surface area contributed by atoms with E-state index in [0.717, 1.165) is 24.4 Å². The van der Waals surface area contributed by atoms with Crippen LogP contribution in [0.4, 0.5) is 0 Å². The lowest BCUT2D eigenvalue weighted by Gasteiger charge is -2.16. The van der Waals surface area contributed by atoms with Crippen molar-refractivity contribution < 1.29 is 4.74 Å². The van der Waals surface area contributed by atoms with Crippen molar-refractivity contribution in [1.29, 1.82) is 0 Å². The molecular weight excluding hydrogens is 236 g/mol. The van der Waals surface area contributed by atoms with Crippen LogP contribution >= 0.6 is 0 Å². The molecule has 2 atom stereocenters. The monoisotopic (exact) mass is 254 g/mol. The summed E-state index contributed by atoms with van der Waals surface area (Å²) in [5, 5.41) is 3.49. The first kappa shape index (κ1) is 12.2. The smallest absolute Gasteiger partial charge is 0.123 e. The standard InChI is InChI=1S/C16H18N2O/c1-12(15-7-4-5-9-17-15)18-11-14-10-13-6-2-3-8-16(13)19-14/h2-9,12,14,18H,10-11H2,1H3. The highest BCUT2D eigenvalue weighted by Crippen LogP contribution is 2.27. The summed E-state index contributed by atoms with van der Waals surface area (Å²) in [6.07, 6.45) is 3.04. The largest absolute Gasteiger partial charge is 0.488 e. The quantitative estimate of drug-likeness (QED) is 0.911. The molecule has 1 N–H and O–H groups in total. The predicted molar refractivity (Wildman–Crippen MR) is 75.2 cm³/mol. The Morgan fingerprint density at radius 1 is 1.26 bits per heavy atom. The molecule has 0 saturated heterocycles. The highest BCUT2D eigenvalue weighted by atomic mass is 16.5. The second kappa shape index (κ2) is 5.41. The highest BCUT2D eigenvalue weighted by Gasteiger charge is 2.22. The molecule has 2 aromatic rings. The van der Waals surface area contributed by atoms with Crippen molar-refractivity contribution in [3.05, 3.63) is 59.9 Å². The average Bonchev–Trinajstić information content (AvgIpc) is 2.88. The van der Waals surface area contributed by atoms with E-state index in [1.807, 2.05) is 36.5 Å². The molecule has 3 heteroatoms. The maximum atomic E-state index is 5.91. The lowest BCUT2D eigenvalue weighted by molar-refractivity contribution is 0.222. The normalized spacial score (nSPS) is 18.7. The van der Waals surface area contributed by atoms with E-state index in [9.17, 15) is 0 Å². The van der Waals surface area contributed by atoms with Crippen LogP contribution in [0.15, 0.2) is 48.7 Å². The molecule has 0 spiro atoms. The van der Waals surface area contributed by atoms with Crippen molar-refractivity contribution in [2.75, 3.05) is 6.54 Å². The van der Waals surface area contributed by atoms with Gasteiger partial charge in [0.05, 0.1) is 5.69 Å². The number of rotatable bonds is 4. The van der Waals surface area contributed by atoms with E-state index in [0.29, 0.717) is 0 Å². The first-order valence-corrected chi connectivity index (χ1v) is 6.72. The van der Waals surface area contributed by atoms with Gasteiger partial charge in [-0.3, -0.25) is 4.98 Å². The van der Waals surface area contributed by atoms with E-state index < -0.39 is 0 Å². The third-order valence-electron chi connectivity index (χ3n) is 3.50. The third-order valence-corrected chi connectivity index (χ3v) is 3.50. The van der Waals surface area contributed by atoms with Gasteiger partial charge in [-0.25, -0.2) is 0 Å². The maximum absolute atomic E-state index is 5.91. The molecule has 0 aliphatic carbocycles. The Bertz CT molecular complexity index is 516. The molecule has 3 nitrogen and oxygen atoms in total. The minimum absolute atomic E-state index is 0.226. The van der Waals surface area contributed by atoms with Crippen molar-refractivity contribution in [3.63, 3.8) is 0 Å². The molecule has 1 aliphatic heterocycles. The molecule has 0 saturated carbocycles. The van der Waals surface area contributed by atoms with Crippen molar-refractivity contribution >= 4 is 0 Å². The van der Waals surface area contributed by atoms with Crippen LogP contribution in [0.2, 0.25) is 0 Å². The average molecular weight is 254 g/mol. The van der Waals surface area contributed by atoms with Crippen LogP contribution in [0.25, 0.3) is 0 Å². The molecule has 98 valence electrons. The molecule has 0 amide bonds. The molecule has 3 rings (SSSR count). The lowest BCUT2D eigenvalue weighted by Crippen LogP contribution is -2.32. The first-order chi connectivity index (χ1) is 9.33. The molecule has 1 aromatic heterocycles. The van der Waals surface area contributed by atoms with Gasteiger partial charge in [-0.1, -0.05) is 24.3 Å². The van der Waals surface area contributed by atoms with Gasteiger partial charge >= 0.3 is 0 Å². The summed E-state index contributed by atoms with van der Waals surface area (Å²) in [6.45, 7) is 2.97. The number of aromatic nitrogens is 1. The number of para-hydroxylation sites is 1. The summed E-state index contributed by atoms with van der Waals surface area (Å²) in [4.78, 5) is 4.36. The number of hydrogen-bond acceptors (Lipinski definition) is 3. The van der Waals surface area contributed by atoms with Gasteiger partial charge in [-0.05, 0) is 30.7 Å². The van der Waals surface area contributed by atoms with Crippen LogP contribution in [-0.4, -0.2) is 17.6 Å². The molecule has 2 heterocycles. The second-order valence-electron chi connectivity index (χ2n) is 4.94. The summed E-state index contributed by atoms with van der Waals surface area (Å²) < 4.78 is 5.91. The predicted octanol–water partition coefficient (Wildman–Crippen LogP) is 2.74. The Morgan fingerprint density at radius 3 is 2.89 bits per heavy atom. The highest BCUT2D eigenvalue weighted by molar-refractivity contribution is 5.37. The number of hydrogen-bond donors (Lipinski definition) is 1. The van der Waals surface area contributed by atoms with Crippen LogP contribution in [0.5, 0.6) is 5.75 Å². The zero-order valence-electron chi connectivity index (χ0n) is 11.0. The van der Waals surface area contributed by atoms with Crippen molar-refractivity contribution in [2.45, 2.75) is 25.5 Å². The number of ether oxygens (including phenoxy) is 1. The summed E-state index contributed by atoms with van der Waals surface area (Å²) in [5.41, 5.74) is 2.37. The van der Waals surface area contributed by atoms with E-state index in [4.69, 9.17) is 4.74 Å². The van der Waals surface area contributed by atoms with Crippen LogP contribution < -0.4 is 10.1 Å². The Kier molecular flexibility index (Phi) is 3.47. The van der Waals surface area contributed by atoms with Crippen molar-refractivity contribution in [2.24, 2.45) is 0 Å². The SMILES string of the molecule is CC(NCC1Cc2ccccc2O1)c1ccccn1. The second-order valence-corrected chi connectivity index (χ2v) is 4.94. The van der Waals surface area contributed by atoms with Gasteiger partial charge < -0.3 is 10.1 Å². The Balaban J connectivity index is 1.55. The molecule has 0 radical (unpaired) electrons. The van der Waals surface area contributed by atoms with Crippen LogP contribution in [0, 0.1) is 0 Å². The third kappa shape index (κ3) is 2.76. The zero-order valence-corrected chi connectivity index (χ0v) is 11.0. The molecule has 1 aliphatic rings. The number of benzene rings is 1. The first-order valence-electron chi connectivity index (χ1n) is 6.72. The Morgan fingerprint density at radius 2 is 2.11 bits per heavy atom. The van der Waals surface area contributed by atoms with E-state index in [2.05, 4.69) is 29.4 Å². The molecule has 0 bridgehead atoms. The van der Waals surface area contributed by atoms with Crippen molar-refractivity contribution in [1.82, 2.24) is 10.3 Å². The van der Waals surface area contributed by atoms with Crippen LogP contribution in [0.1, 0.15) is 24.2 Å². The minimum Gasteiger partial charge on any atom is -0.488 e. The summed E-state index contributed by atoms with van der Waals surface area (Å²) in [5.74, 6) is 1.03. The van der Waals surface area contributed by atoms with Crippen molar-refractivity contribution in [3.8, 4) is 5.75 Å². The fraction of sp³-hybridized carbons (Fsp3) is 0.312.